The number of morpholine rings is 1. The van der Waals surface area contributed by atoms with E-state index in [1.807, 2.05) is 6.92 Å². The summed E-state index contributed by atoms with van der Waals surface area (Å²) in [7, 11) is -3.14. The first-order valence-corrected chi connectivity index (χ1v) is 11.3. The molecule has 0 bridgehead atoms. The highest BCUT2D eigenvalue weighted by Gasteiger charge is 2.28. The maximum atomic E-state index is 12.2. The molecule has 0 radical (unpaired) electrons. The molecule has 1 saturated heterocycles. The molecule has 0 aliphatic carbocycles. The SMILES string of the molecule is CCNC(=NCC(C(C)C)N1CCOCC1)NCCS(=O)(=O)C(C)(C)C. The van der Waals surface area contributed by atoms with Gasteiger partial charge in [0.1, 0.15) is 0 Å². The van der Waals surface area contributed by atoms with Gasteiger partial charge in [0.2, 0.25) is 0 Å². The number of sulfone groups is 1. The fourth-order valence-electron chi connectivity index (χ4n) is 2.79. The van der Waals surface area contributed by atoms with E-state index in [1.54, 1.807) is 20.8 Å². The van der Waals surface area contributed by atoms with Crippen LogP contribution in [0.3, 0.4) is 0 Å². The number of rotatable bonds is 8. The van der Waals surface area contributed by atoms with Gasteiger partial charge in [0.15, 0.2) is 15.8 Å². The Hall–Kier alpha value is -0.860. The molecule has 1 atom stereocenters. The lowest BCUT2D eigenvalue weighted by Gasteiger charge is -2.36. The van der Waals surface area contributed by atoms with Crippen LogP contribution in [0.2, 0.25) is 0 Å². The van der Waals surface area contributed by atoms with Gasteiger partial charge in [-0.3, -0.25) is 9.89 Å². The number of hydrogen-bond donors (Lipinski definition) is 2. The zero-order valence-electron chi connectivity index (χ0n) is 17.3. The zero-order valence-corrected chi connectivity index (χ0v) is 18.2. The summed E-state index contributed by atoms with van der Waals surface area (Å²) < 4.78 is 29.2. The summed E-state index contributed by atoms with van der Waals surface area (Å²) in [6.07, 6.45) is 0. The lowest BCUT2D eigenvalue weighted by Crippen LogP contribution is -2.48. The number of nitrogens with zero attached hydrogens (tertiary/aromatic N) is 2. The van der Waals surface area contributed by atoms with Gasteiger partial charge in [-0.1, -0.05) is 13.8 Å². The summed E-state index contributed by atoms with van der Waals surface area (Å²) in [5.74, 6) is 1.26. The molecule has 0 spiro atoms. The Labute approximate surface area is 159 Å². The summed E-state index contributed by atoms with van der Waals surface area (Å²) in [5, 5.41) is 6.37. The van der Waals surface area contributed by atoms with Crippen LogP contribution in [0.5, 0.6) is 0 Å². The first kappa shape index (κ1) is 23.2. The van der Waals surface area contributed by atoms with Crippen molar-refractivity contribution in [2.45, 2.75) is 52.3 Å². The second kappa shape index (κ2) is 10.5. The molecular weight excluding hydrogens is 352 g/mol. The number of guanidine groups is 1. The summed E-state index contributed by atoms with van der Waals surface area (Å²) in [6.45, 7) is 16.8. The molecule has 7 nitrogen and oxygen atoms in total. The maximum Gasteiger partial charge on any atom is 0.191 e. The van der Waals surface area contributed by atoms with Gasteiger partial charge >= 0.3 is 0 Å². The van der Waals surface area contributed by atoms with Crippen molar-refractivity contribution < 1.29 is 13.2 Å². The molecule has 0 saturated carbocycles. The van der Waals surface area contributed by atoms with Crippen LogP contribution in [0.15, 0.2) is 4.99 Å². The summed E-state index contributed by atoms with van der Waals surface area (Å²) in [4.78, 5) is 7.14. The molecule has 1 rings (SSSR count). The fourth-order valence-corrected chi connectivity index (χ4v) is 3.78. The molecule has 1 aliphatic heterocycles. The Balaban J connectivity index is 2.66. The van der Waals surface area contributed by atoms with Gasteiger partial charge in [-0.15, -0.1) is 0 Å². The van der Waals surface area contributed by atoms with Crippen LogP contribution < -0.4 is 10.6 Å². The van der Waals surface area contributed by atoms with E-state index in [0.29, 0.717) is 31.0 Å². The first-order valence-electron chi connectivity index (χ1n) is 9.64. The predicted molar refractivity (Wildman–Crippen MR) is 109 cm³/mol. The minimum atomic E-state index is -3.14. The molecule has 0 aromatic heterocycles. The summed E-state index contributed by atoms with van der Waals surface area (Å²) in [6, 6.07) is 0.354. The smallest absolute Gasteiger partial charge is 0.191 e. The average molecular weight is 391 g/mol. The summed E-state index contributed by atoms with van der Waals surface area (Å²) in [5.41, 5.74) is 0. The lowest BCUT2D eigenvalue weighted by atomic mass is 10.0. The van der Waals surface area contributed by atoms with Gasteiger partial charge in [-0.2, -0.15) is 0 Å². The summed E-state index contributed by atoms with van der Waals surface area (Å²) >= 11 is 0. The predicted octanol–water partition coefficient (Wildman–Crippen LogP) is 1.11. The normalized spacial score (nSPS) is 18.8. The molecule has 2 N–H and O–H groups in total. The molecule has 8 heteroatoms. The Bertz CT molecular complexity index is 535. The van der Waals surface area contributed by atoms with Gasteiger partial charge in [0, 0.05) is 32.2 Å². The Morgan fingerprint density at radius 3 is 2.31 bits per heavy atom. The van der Waals surface area contributed by atoms with E-state index < -0.39 is 14.6 Å². The Morgan fingerprint density at radius 2 is 1.81 bits per heavy atom. The van der Waals surface area contributed by atoms with Gasteiger partial charge < -0.3 is 15.4 Å². The van der Waals surface area contributed by atoms with Gasteiger partial charge in [-0.05, 0) is 33.6 Å². The minimum Gasteiger partial charge on any atom is -0.379 e. The van der Waals surface area contributed by atoms with Gasteiger partial charge in [0.25, 0.3) is 0 Å². The molecular formula is C18H38N4O3S. The average Bonchev–Trinajstić information content (AvgIpc) is 2.54. The van der Waals surface area contributed by atoms with Crippen LogP contribution in [-0.4, -0.2) is 81.8 Å². The third-order valence-corrected chi connectivity index (χ3v) is 7.27. The minimum absolute atomic E-state index is 0.0952. The van der Waals surface area contributed by atoms with Crippen molar-refractivity contribution in [1.29, 1.82) is 0 Å². The topological polar surface area (TPSA) is 83.0 Å². The van der Waals surface area contributed by atoms with Crippen LogP contribution in [0.4, 0.5) is 0 Å². The van der Waals surface area contributed by atoms with Crippen LogP contribution in [0.25, 0.3) is 0 Å². The second-order valence-corrected chi connectivity index (χ2v) is 10.9. The van der Waals surface area contributed by atoms with Gasteiger partial charge in [0.05, 0.1) is 30.3 Å². The Kier molecular flexibility index (Phi) is 9.33. The van der Waals surface area contributed by atoms with E-state index in [4.69, 9.17) is 9.73 Å². The number of nitrogens with one attached hydrogen (secondary N) is 2. The highest BCUT2D eigenvalue weighted by Crippen LogP contribution is 2.15. The highest BCUT2D eigenvalue weighted by atomic mass is 32.2. The third-order valence-electron chi connectivity index (χ3n) is 4.66. The lowest BCUT2D eigenvalue weighted by molar-refractivity contribution is 0.00867. The van der Waals surface area contributed by atoms with E-state index in [-0.39, 0.29) is 5.75 Å². The van der Waals surface area contributed by atoms with E-state index >= 15 is 0 Å². The molecule has 1 aliphatic rings. The van der Waals surface area contributed by atoms with Crippen molar-refractivity contribution in [3.05, 3.63) is 0 Å². The molecule has 0 aromatic rings. The molecule has 154 valence electrons. The molecule has 1 heterocycles. The molecule has 0 aromatic carbocycles. The standard InChI is InChI=1S/C18H38N4O3S/c1-7-19-17(20-8-13-26(23,24)18(4,5)6)21-14-16(15(2)3)22-9-11-25-12-10-22/h15-16H,7-14H2,1-6H3,(H2,19,20,21). The van der Waals surface area contributed by atoms with Crippen LogP contribution in [-0.2, 0) is 14.6 Å². The van der Waals surface area contributed by atoms with Crippen molar-refractivity contribution >= 4 is 15.8 Å². The van der Waals surface area contributed by atoms with Crippen LogP contribution in [0, 0.1) is 5.92 Å². The number of hydrogen-bond acceptors (Lipinski definition) is 5. The molecule has 1 fully saturated rings. The maximum absolute atomic E-state index is 12.2. The monoisotopic (exact) mass is 390 g/mol. The third kappa shape index (κ3) is 7.40. The zero-order chi connectivity index (χ0) is 19.8. The van der Waals surface area contributed by atoms with E-state index in [0.717, 1.165) is 32.8 Å². The molecule has 26 heavy (non-hydrogen) atoms. The largest absolute Gasteiger partial charge is 0.379 e. The van der Waals surface area contributed by atoms with E-state index in [9.17, 15) is 8.42 Å². The van der Waals surface area contributed by atoms with Gasteiger partial charge in [-0.25, -0.2) is 8.42 Å². The van der Waals surface area contributed by atoms with Crippen molar-refractivity contribution in [2.24, 2.45) is 10.9 Å². The van der Waals surface area contributed by atoms with Crippen molar-refractivity contribution in [2.75, 3.05) is 51.7 Å². The van der Waals surface area contributed by atoms with Crippen LogP contribution >= 0.6 is 0 Å². The van der Waals surface area contributed by atoms with Crippen LogP contribution in [0.1, 0.15) is 41.5 Å². The number of aliphatic imine (C=N–C) groups is 1. The Morgan fingerprint density at radius 1 is 1.19 bits per heavy atom. The highest BCUT2D eigenvalue weighted by molar-refractivity contribution is 7.92. The second-order valence-electron chi connectivity index (χ2n) is 8.04. The fraction of sp³-hybridized carbons (Fsp3) is 0.944. The first-order chi connectivity index (χ1) is 12.1. The molecule has 0 amide bonds. The number of ether oxygens (including phenoxy) is 1. The van der Waals surface area contributed by atoms with Crippen molar-refractivity contribution in [1.82, 2.24) is 15.5 Å². The molecule has 1 unspecified atom stereocenters. The van der Waals surface area contributed by atoms with E-state index in [1.165, 1.54) is 0 Å². The van der Waals surface area contributed by atoms with Crippen molar-refractivity contribution in [3.8, 4) is 0 Å². The van der Waals surface area contributed by atoms with E-state index in [2.05, 4.69) is 29.4 Å². The quantitative estimate of drug-likeness (QED) is 0.477. The van der Waals surface area contributed by atoms with Crippen molar-refractivity contribution in [3.63, 3.8) is 0 Å².